The quantitative estimate of drug-likeness (QED) is 0.789. The van der Waals surface area contributed by atoms with Gasteiger partial charge in [0.05, 0.1) is 17.9 Å². The maximum absolute atomic E-state index is 12.3. The Bertz CT molecular complexity index is 625. The topological polar surface area (TPSA) is 54.0 Å². The molecule has 1 aromatic carbocycles. The van der Waals surface area contributed by atoms with Crippen molar-refractivity contribution in [1.29, 1.82) is 5.26 Å². The van der Waals surface area contributed by atoms with Crippen molar-refractivity contribution in [3.63, 3.8) is 0 Å². The standard InChI is InChI=1S/C14H10ClNO2/c1-9-10(6-7-18-9)14(17)12(8-16)11-4-2-3-5-13(11)15/h2-7,12H,1H3. The minimum atomic E-state index is -0.907. The summed E-state index contributed by atoms with van der Waals surface area (Å²) < 4.78 is 5.08. The Morgan fingerprint density at radius 1 is 1.39 bits per heavy atom. The largest absolute Gasteiger partial charge is 0.469 e. The van der Waals surface area contributed by atoms with Gasteiger partial charge < -0.3 is 4.42 Å². The second kappa shape index (κ2) is 5.07. The number of furan rings is 1. The zero-order valence-corrected chi connectivity index (χ0v) is 10.4. The number of nitrogens with zero attached hydrogens (tertiary/aromatic N) is 1. The smallest absolute Gasteiger partial charge is 0.188 e. The first-order chi connectivity index (χ1) is 8.65. The van der Waals surface area contributed by atoms with Crippen LogP contribution in [0.5, 0.6) is 0 Å². The van der Waals surface area contributed by atoms with Gasteiger partial charge in [-0.25, -0.2) is 0 Å². The predicted molar refractivity (Wildman–Crippen MR) is 67.6 cm³/mol. The molecule has 0 radical (unpaired) electrons. The number of nitriles is 1. The van der Waals surface area contributed by atoms with Crippen LogP contribution >= 0.6 is 11.6 Å². The second-order valence-electron chi connectivity index (χ2n) is 3.84. The van der Waals surface area contributed by atoms with E-state index in [2.05, 4.69) is 0 Å². The highest BCUT2D eigenvalue weighted by Crippen LogP contribution is 2.28. The van der Waals surface area contributed by atoms with Crippen molar-refractivity contribution >= 4 is 17.4 Å². The molecule has 2 rings (SSSR count). The normalized spacial score (nSPS) is 11.8. The summed E-state index contributed by atoms with van der Waals surface area (Å²) in [6, 6.07) is 10.4. The first kappa shape index (κ1) is 12.4. The Labute approximate surface area is 110 Å². The van der Waals surface area contributed by atoms with E-state index in [1.54, 1.807) is 37.3 Å². The van der Waals surface area contributed by atoms with Crippen LogP contribution in [0, 0.1) is 18.3 Å². The number of benzene rings is 1. The van der Waals surface area contributed by atoms with Gasteiger partial charge in [0.15, 0.2) is 5.78 Å². The summed E-state index contributed by atoms with van der Waals surface area (Å²) in [4.78, 5) is 12.3. The lowest BCUT2D eigenvalue weighted by Gasteiger charge is -2.09. The van der Waals surface area contributed by atoms with Crippen LogP contribution in [0.15, 0.2) is 41.0 Å². The summed E-state index contributed by atoms with van der Waals surface area (Å²) >= 11 is 6.02. The number of ketones is 1. The van der Waals surface area contributed by atoms with Crippen molar-refractivity contribution in [1.82, 2.24) is 0 Å². The van der Waals surface area contributed by atoms with E-state index in [9.17, 15) is 10.1 Å². The summed E-state index contributed by atoms with van der Waals surface area (Å²) in [5.41, 5.74) is 0.939. The van der Waals surface area contributed by atoms with Gasteiger partial charge in [0.1, 0.15) is 11.7 Å². The number of halogens is 1. The molecule has 2 aromatic rings. The molecule has 0 aliphatic heterocycles. The molecule has 0 saturated heterocycles. The van der Waals surface area contributed by atoms with E-state index in [4.69, 9.17) is 16.0 Å². The Hall–Kier alpha value is -2.05. The molecule has 0 bridgehead atoms. The molecule has 0 amide bonds. The predicted octanol–water partition coefficient (Wildman–Crippen LogP) is 3.73. The number of carbonyl (C=O) groups excluding carboxylic acids is 1. The van der Waals surface area contributed by atoms with Crippen molar-refractivity contribution in [2.45, 2.75) is 12.8 Å². The highest BCUT2D eigenvalue weighted by molar-refractivity contribution is 6.31. The molecule has 0 saturated carbocycles. The summed E-state index contributed by atoms with van der Waals surface area (Å²) in [6.45, 7) is 1.69. The van der Waals surface area contributed by atoms with Gasteiger partial charge in [0, 0.05) is 5.02 Å². The van der Waals surface area contributed by atoms with Crippen LogP contribution in [0.3, 0.4) is 0 Å². The van der Waals surface area contributed by atoms with E-state index in [0.29, 0.717) is 21.9 Å². The fourth-order valence-electron chi connectivity index (χ4n) is 1.77. The van der Waals surface area contributed by atoms with Gasteiger partial charge >= 0.3 is 0 Å². The molecule has 1 atom stereocenters. The third kappa shape index (κ3) is 2.15. The maximum atomic E-state index is 12.3. The summed E-state index contributed by atoms with van der Waals surface area (Å²) in [7, 11) is 0. The number of carbonyl (C=O) groups is 1. The lowest BCUT2D eigenvalue weighted by Crippen LogP contribution is -2.12. The molecule has 1 unspecified atom stereocenters. The second-order valence-corrected chi connectivity index (χ2v) is 4.25. The number of Topliss-reactive ketones (excluding diaryl/α,β-unsaturated/α-hetero) is 1. The Morgan fingerprint density at radius 3 is 2.67 bits per heavy atom. The molecule has 1 heterocycles. The van der Waals surface area contributed by atoms with Gasteiger partial charge in [-0.05, 0) is 24.6 Å². The first-order valence-electron chi connectivity index (χ1n) is 5.37. The van der Waals surface area contributed by atoms with Crippen LogP contribution in [-0.2, 0) is 0 Å². The van der Waals surface area contributed by atoms with E-state index < -0.39 is 5.92 Å². The van der Waals surface area contributed by atoms with E-state index in [1.165, 1.54) is 6.26 Å². The molecule has 4 heteroatoms. The molecule has 90 valence electrons. The third-order valence-corrected chi connectivity index (χ3v) is 3.08. The Morgan fingerprint density at radius 2 is 2.11 bits per heavy atom. The van der Waals surface area contributed by atoms with Gasteiger partial charge in [-0.2, -0.15) is 5.26 Å². The molecular weight excluding hydrogens is 250 g/mol. The van der Waals surface area contributed by atoms with E-state index >= 15 is 0 Å². The fourth-order valence-corrected chi connectivity index (χ4v) is 2.02. The van der Waals surface area contributed by atoms with E-state index in [0.717, 1.165) is 0 Å². The SMILES string of the molecule is Cc1occc1C(=O)C(C#N)c1ccccc1Cl. The van der Waals surface area contributed by atoms with E-state index in [-0.39, 0.29) is 5.78 Å². The lowest BCUT2D eigenvalue weighted by molar-refractivity contribution is 0.0977. The Kier molecular flexibility index (Phi) is 3.50. The minimum Gasteiger partial charge on any atom is -0.469 e. The molecule has 0 aliphatic carbocycles. The van der Waals surface area contributed by atoms with Crippen LogP contribution in [0.1, 0.15) is 27.6 Å². The maximum Gasteiger partial charge on any atom is 0.188 e. The van der Waals surface area contributed by atoms with Crippen LogP contribution in [0.25, 0.3) is 0 Å². The number of hydrogen-bond donors (Lipinski definition) is 0. The average Bonchev–Trinajstić information content (AvgIpc) is 2.78. The summed E-state index contributed by atoms with van der Waals surface area (Å²) in [5, 5.41) is 9.62. The zero-order chi connectivity index (χ0) is 13.1. The van der Waals surface area contributed by atoms with Crippen molar-refractivity contribution in [2.24, 2.45) is 0 Å². The highest BCUT2D eigenvalue weighted by atomic mass is 35.5. The van der Waals surface area contributed by atoms with Crippen LogP contribution in [0.2, 0.25) is 5.02 Å². The monoisotopic (exact) mass is 259 g/mol. The molecule has 18 heavy (non-hydrogen) atoms. The number of aryl methyl sites for hydroxylation is 1. The van der Waals surface area contributed by atoms with Gasteiger partial charge in [-0.1, -0.05) is 29.8 Å². The average molecular weight is 260 g/mol. The first-order valence-corrected chi connectivity index (χ1v) is 5.75. The number of rotatable bonds is 3. The fraction of sp³-hybridized carbons (Fsp3) is 0.143. The molecule has 0 N–H and O–H groups in total. The number of hydrogen-bond acceptors (Lipinski definition) is 3. The highest BCUT2D eigenvalue weighted by Gasteiger charge is 2.25. The summed E-state index contributed by atoms with van der Waals surface area (Å²) in [5.74, 6) is -0.695. The van der Waals surface area contributed by atoms with Crippen LogP contribution in [-0.4, -0.2) is 5.78 Å². The molecule has 0 aliphatic rings. The van der Waals surface area contributed by atoms with Gasteiger partial charge in [-0.15, -0.1) is 0 Å². The zero-order valence-electron chi connectivity index (χ0n) is 9.68. The van der Waals surface area contributed by atoms with Crippen molar-refractivity contribution in [3.05, 3.63) is 58.5 Å². The van der Waals surface area contributed by atoms with Crippen LogP contribution in [0.4, 0.5) is 0 Å². The summed E-state index contributed by atoms with van der Waals surface area (Å²) in [6.07, 6.45) is 1.43. The Balaban J connectivity index is 2.43. The lowest BCUT2D eigenvalue weighted by atomic mass is 9.92. The van der Waals surface area contributed by atoms with Crippen molar-refractivity contribution < 1.29 is 9.21 Å². The third-order valence-electron chi connectivity index (χ3n) is 2.73. The molecule has 0 fully saturated rings. The molecule has 3 nitrogen and oxygen atoms in total. The van der Waals surface area contributed by atoms with Crippen molar-refractivity contribution in [3.8, 4) is 6.07 Å². The van der Waals surface area contributed by atoms with Gasteiger partial charge in [0.2, 0.25) is 0 Å². The van der Waals surface area contributed by atoms with Gasteiger partial charge in [0.25, 0.3) is 0 Å². The molecular formula is C14H10ClNO2. The van der Waals surface area contributed by atoms with Crippen LogP contribution < -0.4 is 0 Å². The molecule has 0 spiro atoms. The molecule has 1 aromatic heterocycles. The van der Waals surface area contributed by atoms with Crippen molar-refractivity contribution in [2.75, 3.05) is 0 Å². The van der Waals surface area contributed by atoms with E-state index in [1.807, 2.05) is 6.07 Å². The van der Waals surface area contributed by atoms with Gasteiger partial charge in [-0.3, -0.25) is 4.79 Å². The minimum absolute atomic E-state index is 0.295.